The number of rotatable bonds is 3. The van der Waals surface area contributed by atoms with Crippen LogP contribution in [0.25, 0.3) is 11.0 Å². The summed E-state index contributed by atoms with van der Waals surface area (Å²) in [6.45, 7) is 1.29. The molecule has 3 heterocycles. The van der Waals surface area contributed by atoms with Crippen molar-refractivity contribution in [1.82, 2.24) is 20.1 Å². The fraction of sp³-hybridized carbons (Fsp3) is 0.353. The summed E-state index contributed by atoms with van der Waals surface area (Å²) in [6, 6.07) is 9.34. The Kier molecular flexibility index (Phi) is 3.57. The summed E-state index contributed by atoms with van der Waals surface area (Å²) in [5.41, 5.74) is 0.717. The first kappa shape index (κ1) is 14.0. The smallest absolute Gasteiger partial charge is 0.287 e. The van der Waals surface area contributed by atoms with Crippen molar-refractivity contribution in [3.05, 3.63) is 47.7 Å². The lowest BCUT2D eigenvalue weighted by molar-refractivity contribution is 0.0924. The summed E-state index contributed by atoms with van der Waals surface area (Å²) >= 11 is 0. The molecule has 1 aromatic carbocycles. The summed E-state index contributed by atoms with van der Waals surface area (Å²) in [5.74, 6) is 1.93. The molecule has 1 N–H and O–H groups in total. The number of nitrogens with zero attached hydrogens (tertiary/aromatic N) is 3. The minimum absolute atomic E-state index is 0.229. The van der Waals surface area contributed by atoms with Crippen LogP contribution >= 0.6 is 0 Å². The predicted octanol–water partition coefficient (Wildman–Crippen LogP) is 2.68. The maximum atomic E-state index is 12.3. The van der Waals surface area contributed by atoms with E-state index in [1.165, 1.54) is 6.42 Å². The van der Waals surface area contributed by atoms with E-state index in [4.69, 9.17) is 4.42 Å². The quantitative estimate of drug-likeness (QED) is 0.807. The van der Waals surface area contributed by atoms with Crippen LogP contribution in [0.4, 0.5) is 0 Å². The zero-order valence-electron chi connectivity index (χ0n) is 12.8. The molecule has 1 aliphatic heterocycles. The first-order chi connectivity index (χ1) is 11.3. The lowest BCUT2D eigenvalue weighted by Crippen LogP contribution is -2.24. The van der Waals surface area contributed by atoms with Gasteiger partial charge in [0.2, 0.25) is 0 Å². The number of benzene rings is 1. The average molecular weight is 310 g/mol. The number of aryl methyl sites for hydroxylation is 1. The summed E-state index contributed by atoms with van der Waals surface area (Å²) in [6.07, 6.45) is 4.47. The minimum Gasteiger partial charge on any atom is -0.451 e. The fourth-order valence-electron chi connectivity index (χ4n) is 3.02. The van der Waals surface area contributed by atoms with Crippen molar-refractivity contribution < 1.29 is 9.21 Å². The van der Waals surface area contributed by atoms with E-state index >= 15 is 0 Å². The first-order valence-electron chi connectivity index (χ1n) is 7.99. The Morgan fingerprint density at radius 2 is 2.13 bits per heavy atom. The van der Waals surface area contributed by atoms with Crippen LogP contribution in [-0.4, -0.2) is 20.7 Å². The van der Waals surface area contributed by atoms with Crippen LogP contribution < -0.4 is 5.32 Å². The van der Waals surface area contributed by atoms with Crippen LogP contribution in [0.5, 0.6) is 0 Å². The van der Waals surface area contributed by atoms with Crippen LogP contribution in [0, 0.1) is 0 Å². The molecule has 0 fully saturated rings. The second kappa shape index (κ2) is 5.87. The van der Waals surface area contributed by atoms with Gasteiger partial charge < -0.3 is 14.3 Å². The minimum atomic E-state index is -0.229. The number of para-hydroxylation sites is 1. The third kappa shape index (κ3) is 2.72. The van der Waals surface area contributed by atoms with E-state index in [2.05, 4.69) is 20.1 Å². The molecular weight excluding hydrogens is 292 g/mol. The van der Waals surface area contributed by atoms with E-state index in [1.807, 2.05) is 24.3 Å². The third-order valence-electron chi connectivity index (χ3n) is 4.24. The van der Waals surface area contributed by atoms with Crippen molar-refractivity contribution in [2.24, 2.45) is 0 Å². The van der Waals surface area contributed by atoms with E-state index in [0.717, 1.165) is 42.8 Å². The molecule has 0 atom stereocenters. The standard InChI is InChI=1S/C17H18N4O2/c22-17(14-10-12-6-3-4-7-13(12)23-14)18-11-16-20-19-15-8-2-1-5-9-21(15)16/h3-4,6-7,10H,1-2,5,8-9,11H2,(H,18,22). The van der Waals surface area contributed by atoms with Gasteiger partial charge in [-0.15, -0.1) is 10.2 Å². The van der Waals surface area contributed by atoms with Crippen LogP contribution in [0.15, 0.2) is 34.7 Å². The number of furan rings is 1. The molecule has 0 bridgehead atoms. The largest absolute Gasteiger partial charge is 0.451 e. The van der Waals surface area contributed by atoms with Crippen molar-refractivity contribution in [2.75, 3.05) is 0 Å². The molecule has 0 spiro atoms. The van der Waals surface area contributed by atoms with Gasteiger partial charge in [0.1, 0.15) is 11.4 Å². The summed E-state index contributed by atoms with van der Waals surface area (Å²) in [4.78, 5) is 12.3. The molecule has 3 aromatic rings. The van der Waals surface area contributed by atoms with Crippen LogP contribution in [0.1, 0.15) is 41.5 Å². The molecule has 0 unspecified atom stereocenters. The zero-order chi connectivity index (χ0) is 15.6. The van der Waals surface area contributed by atoms with E-state index in [-0.39, 0.29) is 5.91 Å². The molecule has 0 radical (unpaired) electrons. The second-order valence-corrected chi connectivity index (χ2v) is 5.83. The molecule has 2 aromatic heterocycles. The fourth-order valence-corrected chi connectivity index (χ4v) is 3.02. The van der Waals surface area contributed by atoms with Gasteiger partial charge in [-0.05, 0) is 25.0 Å². The summed E-state index contributed by atoms with van der Waals surface area (Å²) < 4.78 is 7.71. The van der Waals surface area contributed by atoms with Crippen molar-refractivity contribution in [1.29, 1.82) is 0 Å². The SMILES string of the molecule is O=C(NCc1nnc2n1CCCCC2)c1cc2ccccc2o1. The lowest BCUT2D eigenvalue weighted by atomic mass is 10.2. The molecule has 1 aliphatic rings. The number of aromatic nitrogens is 3. The van der Waals surface area contributed by atoms with Crippen molar-refractivity contribution in [3.63, 3.8) is 0 Å². The Morgan fingerprint density at radius 3 is 3.04 bits per heavy atom. The van der Waals surface area contributed by atoms with Crippen molar-refractivity contribution >= 4 is 16.9 Å². The Bertz CT molecular complexity index is 816. The van der Waals surface area contributed by atoms with E-state index < -0.39 is 0 Å². The highest BCUT2D eigenvalue weighted by atomic mass is 16.3. The Morgan fingerprint density at radius 1 is 1.22 bits per heavy atom. The topological polar surface area (TPSA) is 73.0 Å². The van der Waals surface area contributed by atoms with E-state index in [0.29, 0.717) is 17.9 Å². The molecule has 23 heavy (non-hydrogen) atoms. The van der Waals surface area contributed by atoms with Crippen molar-refractivity contribution in [2.45, 2.75) is 38.8 Å². The van der Waals surface area contributed by atoms with Gasteiger partial charge in [0.25, 0.3) is 5.91 Å². The van der Waals surface area contributed by atoms with Crippen LogP contribution in [-0.2, 0) is 19.5 Å². The normalized spacial score (nSPS) is 14.4. The molecule has 0 saturated heterocycles. The van der Waals surface area contributed by atoms with E-state index in [1.54, 1.807) is 6.07 Å². The number of amides is 1. The van der Waals surface area contributed by atoms with E-state index in [9.17, 15) is 4.79 Å². The predicted molar refractivity (Wildman–Crippen MR) is 85.0 cm³/mol. The van der Waals surface area contributed by atoms with Gasteiger partial charge in [-0.3, -0.25) is 4.79 Å². The molecule has 1 amide bonds. The number of hydrogen-bond acceptors (Lipinski definition) is 4. The highest BCUT2D eigenvalue weighted by molar-refractivity contribution is 5.95. The number of carbonyl (C=O) groups excluding carboxylic acids is 1. The van der Waals surface area contributed by atoms with Gasteiger partial charge in [-0.25, -0.2) is 0 Å². The lowest BCUT2D eigenvalue weighted by Gasteiger charge is -2.07. The number of nitrogens with one attached hydrogen (secondary N) is 1. The third-order valence-corrected chi connectivity index (χ3v) is 4.24. The first-order valence-corrected chi connectivity index (χ1v) is 7.99. The maximum absolute atomic E-state index is 12.3. The molecule has 6 nitrogen and oxygen atoms in total. The monoisotopic (exact) mass is 310 g/mol. The van der Waals surface area contributed by atoms with Crippen LogP contribution in [0.2, 0.25) is 0 Å². The van der Waals surface area contributed by atoms with Gasteiger partial charge >= 0.3 is 0 Å². The van der Waals surface area contributed by atoms with Gasteiger partial charge in [-0.2, -0.15) is 0 Å². The van der Waals surface area contributed by atoms with Crippen molar-refractivity contribution in [3.8, 4) is 0 Å². The summed E-state index contributed by atoms with van der Waals surface area (Å²) in [5, 5.41) is 12.3. The Hall–Kier alpha value is -2.63. The highest BCUT2D eigenvalue weighted by Gasteiger charge is 2.17. The Balaban J connectivity index is 1.48. The summed E-state index contributed by atoms with van der Waals surface area (Å²) in [7, 11) is 0. The number of fused-ring (bicyclic) bond motifs is 2. The number of carbonyl (C=O) groups is 1. The molecule has 6 heteroatoms. The molecule has 118 valence electrons. The maximum Gasteiger partial charge on any atom is 0.287 e. The second-order valence-electron chi connectivity index (χ2n) is 5.83. The molecule has 4 rings (SSSR count). The molecular formula is C17H18N4O2. The molecule has 0 aliphatic carbocycles. The van der Waals surface area contributed by atoms with Gasteiger partial charge in [0.15, 0.2) is 11.6 Å². The average Bonchev–Trinajstić information content (AvgIpc) is 3.10. The van der Waals surface area contributed by atoms with Crippen LogP contribution in [0.3, 0.4) is 0 Å². The molecule has 0 saturated carbocycles. The Labute approximate surface area is 133 Å². The zero-order valence-corrected chi connectivity index (χ0v) is 12.8. The highest BCUT2D eigenvalue weighted by Crippen LogP contribution is 2.19. The van der Waals surface area contributed by atoms with Gasteiger partial charge in [-0.1, -0.05) is 24.6 Å². The van der Waals surface area contributed by atoms with Gasteiger partial charge in [0.05, 0.1) is 6.54 Å². The number of hydrogen-bond donors (Lipinski definition) is 1. The van der Waals surface area contributed by atoms with Gasteiger partial charge in [0, 0.05) is 18.4 Å².